The van der Waals surface area contributed by atoms with E-state index in [0.29, 0.717) is 37.1 Å². The molecule has 1 aliphatic rings. The van der Waals surface area contributed by atoms with Crippen LogP contribution in [-0.2, 0) is 4.79 Å². The monoisotopic (exact) mass is 282 g/mol. The van der Waals surface area contributed by atoms with Crippen molar-refractivity contribution >= 4 is 23.4 Å². The lowest BCUT2D eigenvalue weighted by Crippen LogP contribution is -2.38. The van der Waals surface area contributed by atoms with E-state index in [2.05, 4.69) is 4.98 Å². The Hall–Kier alpha value is -1.27. The maximum absolute atomic E-state index is 10.9. The summed E-state index contributed by atoms with van der Waals surface area (Å²) in [5.41, 5.74) is 5.60. The molecule has 19 heavy (non-hydrogen) atoms. The van der Waals surface area contributed by atoms with Gasteiger partial charge in [0.05, 0.1) is 17.2 Å². The Morgan fingerprint density at radius 2 is 2.21 bits per heavy atom. The zero-order chi connectivity index (χ0) is 13.9. The topological polar surface area (TPSA) is 96.4 Å². The molecule has 0 unspecified atom stereocenters. The number of nitrogen functional groups attached to an aromatic ring is 1. The van der Waals surface area contributed by atoms with E-state index in [1.165, 1.54) is 11.8 Å². The Balaban J connectivity index is 1.90. The number of nitrogens with two attached hydrogens (primary N) is 1. The third-order valence-electron chi connectivity index (χ3n) is 3.54. The fraction of sp³-hybridized carbons (Fsp3) is 0.538. The van der Waals surface area contributed by atoms with E-state index in [0.717, 1.165) is 5.03 Å². The van der Waals surface area contributed by atoms with Gasteiger partial charge in [-0.1, -0.05) is 0 Å². The maximum Gasteiger partial charge on any atom is 0.306 e. The molecule has 0 bridgehead atoms. The van der Waals surface area contributed by atoms with Crippen LogP contribution in [0.1, 0.15) is 25.7 Å². The number of aliphatic hydroxyl groups is 1. The summed E-state index contributed by atoms with van der Waals surface area (Å²) in [5.74, 6) is -0.575. The first-order chi connectivity index (χ1) is 9.00. The number of anilines is 1. The van der Waals surface area contributed by atoms with Crippen molar-refractivity contribution in [3.05, 3.63) is 18.3 Å². The van der Waals surface area contributed by atoms with Gasteiger partial charge in [-0.25, -0.2) is 4.98 Å². The van der Waals surface area contributed by atoms with E-state index in [1.54, 1.807) is 18.3 Å². The first-order valence-electron chi connectivity index (χ1n) is 6.29. The second-order valence-corrected chi connectivity index (χ2v) is 5.99. The maximum atomic E-state index is 10.9. The molecule has 1 saturated carbocycles. The molecule has 0 spiro atoms. The third-order valence-corrected chi connectivity index (χ3v) is 4.84. The molecule has 6 heteroatoms. The van der Waals surface area contributed by atoms with Crippen LogP contribution in [0.2, 0.25) is 0 Å². The lowest BCUT2D eigenvalue weighted by Gasteiger charge is -2.34. The summed E-state index contributed by atoms with van der Waals surface area (Å²) < 4.78 is 0. The number of aromatic nitrogens is 1. The van der Waals surface area contributed by atoms with Crippen molar-refractivity contribution in [2.45, 2.75) is 36.3 Å². The number of hydrogen-bond acceptors (Lipinski definition) is 5. The molecule has 0 radical (unpaired) electrons. The molecular weight excluding hydrogens is 264 g/mol. The first kappa shape index (κ1) is 14.1. The van der Waals surface area contributed by atoms with Crippen LogP contribution in [0, 0.1) is 5.92 Å². The van der Waals surface area contributed by atoms with Crippen LogP contribution in [0.5, 0.6) is 0 Å². The zero-order valence-electron chi connectivity index (χ0n) is 10.6. The Labute approximate surface area is 116 Å². The number of rotatable bonds is 4. The molecule has 1 aliphatic carbocycles. The summed E-state index contributed by atoms with van der Waals surface area (Å²) in [6.07, 6.45) is 3.77. The third kappa shape index (κ3) is 3.61. The molecule has 2 rings (SSSR count). The van der Waals surface area contributed by atoms with E-state index < -0.39 is 11.6 Å². The zero-order valence-corrected chi connectivity index (χ0v) is 11.4. The van der Waals surface area contributed by atoms with E-state index >= 15 is 0 Å². The average molecular weight is 282 g/mol. The van der Waals surface area contributed by atoms with Gasteiger partial charge in [-0.05, 0) is 37.8 Å². The number of thioether (sulfide) groups is 1. The molecule has 1 heterocycles. The van der Waals surface area contributed by atoms with Crippen molar-refractivity contribution in [2.75, 3.05) is 11.5 Å². The Kier molecular flexibility index (Phi) is 4.31. The minimum absolute atomic E-state index is 0.315. The second kappa shape index (κ2) is 5.79. The predicted octanol–water partition coefficient (Wildman–Crippen LogP) is 1.76. The van der Waals surface area contributed by atoms with Crippen LogP contribution in [0.3, 0.4) is 0 Å². The van der Waals surface area contributed by atoms with Crippen LogP contribution in [0.4, 0.5) is 5.69 Å². The van der Waals surface area contributed by atoms with Gasteiger partial charge < -0.3 is 15.9 Å². The molecule has 4 N–H and O–H groups in total. The number of nitrogens with zero attached hydrogens (tertiary/aromatic N) is 1. The average Bonchev–Trinajstić information content (AvgIpc) is 2.38. The minimum Gasteiger partial charge on any atom is -0.481 e. The Morgan fingerprint density at radius 3 is 2.79 bits per heavy atom. The predicted molar refractivity (Wildman–Crippen MR) is 73.9 cm³/mol. The lowest BCUT2D eigenvalue weighted by molar-refractivity contribution is -0.144. The highest BCUT2D eigenvalue weighted by molar-refractivity contribution is 7.99. The smallest absolute Gasteiger partial charge is 0.306 e. The van der Waals surface area contributed by atoms with E-state index in [-0.39, 0.29) is 5.92 Å². The standard InChI is InChI=1S/C13H18N2O3S/c14-10-2-1-7-15-11(10)19-8-13(18)5-3-9(4-6-13)12(16)17/h1-2,7,9,18H,3-6,8,14H2,(H,16,17). The summed E-state index contributed by atoms with van der Waals surface area (Å²) in [6, 6.07) is 3.55. The fourth-order valence-electron chi connectivity index (χ4n) is 2.27. The van der Waals surface area contributed by atoms with Gasteiger partial charge in [-0.3, -0.25) is 4.79 Å². The molecule has 1 aromatic heterocycles. The normalized spacial score (nSPS) is 27.1. The van der Waals surface area contributed by atoms with E-state index in [4.69, 9.17) is 10.8 Å². The molecule has 0 amide bonds. The highest BCUT2D eigenvalue weighted by atomic mass is 32.2. The van der Waals surface area contributed by atoms with Crippen LogP contribution >= 0.6 is 11.8 Å². The van der Waals surface area contributed by atoms with E-state index in [1.807, 2.05) is 0 Å². The molecule has 0 aliphatic heterocycles. The van der Waals surface area contributed by atoms with Gasteiger partial charge in [0.2, 0.25) is 0 Å². The lowest BCUT2D eigenvalue weighted by atomic mass is 9.80. The first-order valence-corrected chi connectivity index (χ1v) is 7.27. The minimum atomic E-state index is -0.805. The largest absolute Gasteiger partial charge is 0.481 e. The molecule has 1 aromatic rings. The second-order valence-electron chi connectivity index (χ2n) is 5.02. The van der Waals surface area contributed by atoms with Crippen LogP contribution < -0.4 is 5.73 Å². The fourth-order valence-corrected chi connectivity index (χ4v) is 3.34. The van der Waals surface area contributed by atoms with Gasteiger partial charge in [0.15, 0.2) is 0 Å². The Morgan fingerprint density at radius 1 is 1.53 bits per heavy atom. The summed E-state index contributed by atoms with van der Waals surface area (Å²) in [7, 11) is 0. The molecule has 1 fully saturated rings. The molecule has 104 valence electrons. The Bertz CT molecular complexity index is 459. The van der Waals surface area contributed by atoms with Crippen molar-refractivity contribution in [3.63, 3.8) is 0 Å². The highest BCUT2D eigenvalue weighted by Gasteiger charge is 2.35. The number of carbonyl (C=O) groups is 1. The molecular formula is C13H18N2O3S. The molecule has 0 aromatic carbocycles. The van der Waals surface area contributed by atoms with Gasteiger partial charge in [0.25, 0.3) is 0 Å². The summed E-state index contributed by atoms with van der Waals surface area (Å²) in [5, 5.41) is 20.1. The number of aliphatic carboxylic acids is 1. The number of carboxylic acid groups (broad SMARTS) is 1. The van der Waals surface area contributed by atoms with Gasteiger partial charge in [-0.15, -0.1) is 11.8 Å². The van der Waals surface area contributed by atoms with Crippen molar-refractivity contribution in [2.24, 2.45) is 5.92 Å². The van der Waals surface area contributed by atoms with Crippen molar-refractivity contribution in [1.82, 2.24) is 4.98 Å². The van der Waals surface area contributed by atoms with Crippen molar-refractivity contribution in [3.8, 4) is 0 Å². The quantitative estimate of drug-likeness (QED) is 0.728. The summed E-state index contributed by atoms with van der Waals surface area (Å²) in [4.78, 5) is 15.0. The SMILES string of the molecule is Nc1cccnc1SCC1(O)CCC(C(=O)O)CC1. The van der Waals surface area contributed by atoms with Gasteiger partial charge >= 0.3 is 5.97 Å². The highest BCUT2D eigenvalue weighted by Crippen LogP contribution is 2.36. The van der Waals surface area contributed by atoms with Crippen LogP contribution in [0.15, 0.2) is 23.4 Å². The van der Waals surface area contributed by atoms with Gasteiger partial charge in [-0.2, -0.15) is 0 Å². The molecule has 5 nitrogen and oxygen atoms in total. The van der Waals surface area contributed by atoms with Gasteiger partial charge in [0, 0.05) is 11.9 Å². The van der Waals surface area contributed by atoms with Crippen LogP contribution in [0.25, 0.3) is 0 Å². The van der Waals surface area contributed by atoms with Crippen molar-refractivity contribution < 1.29 is 15.0 Å². The summed E-state index contributed by atoms with van der Waals surface area (Å²) in [6.45, 7) is 0. The summed E-state index contributed by atoms with van der Waals surface area (Å²) >= 11 is 1.43. The number of carboxylic acids is 1. The number of hydrogen-bond donors (Lipinski definition) is 3. The van der Waals surface area contributed by atoms with Crippen molar-refractivity contribution in [1.29, 1.82) is 0 Å². The molecule has 0 saturated heterocycles. The number of pyridine rings is 1. The van der Waals surface area contributed by atoms with E-state index in [9.17, 15) is 9.90 Å². The van der Waals surface area contributed by atoms with Gasteiger partial charge in [0.1, 0.15) is 5.03 Å². The molecule has 0 atom stereocenters. The van der Waals surface area contributed by atoms with Crippen LogP contribution in [-0.4, -0.2) is 32.5 Å².